The number of ether oxygens (including phenoxy) is 1. The molecule has 0 saturated heterocycles. The number of aromatic nitrogens is 2. The summed E-state index contributed by atoms with van der Waals surface area (Å²) in [6.07, 6.45) is 3.30. The van der Waals surface area contributed by atoms with Gasteiger partial charge in [-0.15, -0.1) is 0 Å². The first kappa shape index (κ1) is 9.60. The lowest BCUT2D eigenvalue weighted by Crippen LogP contribution is -2.08. The Hall–Kier alpha value is -1.49. The smallest absolute Gasteiger partial charge is 0.313 e. The van der Waals surface area contributed by atoms with Crippen LogP contribution in [-0.2, 0) is 22.5 Å². The molecular formula is C8H11N3O2. The van der Waals surface area contributed by atoms with Gasteiger partial charge in [0.15, 0.2) is 0 Å². The van der Waals surface area contributed by atoms with Crippen molar-refractivity contribution in [3.63, 3.8) is 0 Å². The van der Waals surface area contributed by atoms with Gasteiger partial charge in [-0.1, -0.05) is 0 Å². The summed E-state index contributed by atoms with van der Waals surface area (Å²) in [7, 11) is 1.33. The molecule has 0 bridgehead atoms. The molecular weight excluding hydrogens is 170 g/mol. The molecule has 0 aliphatic rings. The summed E-state index contributed by atoms with van der Waals surface area (Å²) in [5, 5.41) is 0. The average Bonchev–Trinajstić information content (AvgIpc) is 2.19. The first-order valence-corrected chi connectivity index (χ1v) is 3.83. The van der Waals surface area contributed by atoms with Crippen molar-refractivity contribution in [3.8, 4) is 0 Å². The number of rotatable bonds is 3. The molecule has 0 amide bonds. The zero-order valence-electron chi connectivity index (χ0n) is 7.36. The van der Waals surface area contributed by atoms with Crippen molar-refractivity contribution in [2.45, 2.75) is 13.0 Å². The molecule has 1 rings (SSSR count). The van der Waals surface area contributed by atoms with Crippen molar-refractivity contribution in [1.29, 1.82) is 0 Å². The van der Waals surface area contributed by atoms with Crippen LogP contribution in [0.25, 0.3) is 0 Å². The number of esters is 1. The summed E-state index contributed by atoms with van der Waals surface area (Å²) in [5.41, 5.74) is 6.20. The Bertz CT molecular complexity index is 284. The van der Waals surface area contributed by atoms with Crippen LogP contribution in [0.4, 0.5) is 0 Å². The molecule has 0 fully saturated rings. The van der Waals surface area contributed by atoms with Gasteiger partial charge in [-0.05, 0) is 0 Å². The Kier molecular flexibility index (Phi) is 3.33. The van der Waals surface area contributed by atoms with Gasteiger partial charge >= 0.3 is 5.97 Å². The maximum absolute atomic E-state index is 10.8. The van der Waals surface area contributed by atoms with E-state index in [1.54, 1.807) is 12.4 Å². The number of hydrogen-bond acceptors (Lipinski definition) is 5. The van der Waals surface area contributed by atoms with Gasteiger partial charge in [-0.2, -0.15) is 0 Å². The van der Waals surface area contributed by atoms with E-state index in [1.807, 2.05) is 0 Å². The minimum atomic E-state index is -0.347. The van der Waals surface area contributed by atoms with Gasteiger partial charge < -0.3 is 10.5 Å². The van der Waals surface area contributed by atoms with Crippen LogP contribution in [0.2, 0.25) is 0 Å². The van der Waals surface area contributed by atoms with E-state index in [2.05, 4.69) is 14.7 Å². The standard InChI is InChI=1S/C8H11N3O2/c1-13-8(12)2-7-10-4-6(3-9)5-11-7/h4-5H,2-3,9H2,1H3. The van der Waals surface area contributed by atoms with Gasteiger partial charge in [0.25, 0.3) is 0 Å². The first-order chi connectivity index (χ1) is 6.26. The molecule has 0 aromatic carbocycles. The molecule has 0 radical (unpaired) electrons. The first-order valence-electron chi connectivity index (χ1n) is 3.83. The van der Waals surface area contributed by atoms with Crippen LogP contribution in [0.3, 0.4) is 0 Å². The molecule has 0 aliphatic carbocycles. The van der Waals surface area contributed by atoms with Gasteiger partial charge in [0.2, 0.25) is 0 Å². The average molecular weight is 181 g/mol. The van der Waals surface area contributed by atoms with Crippen molar-refractivity contribution in [1.82, 2.24) is 9.97 Å². The van der Waals surface area contributed by atoms with Gasteiger partial charge in [-0.25, -0.2) is 9.97 Å². The second-order valence-electron chi connectivity index (χ2n) is 2.46. The van der Waals surface area contributed by atoms with Gasteiger partial charge in [0.05, 0.1) is 7.11 Å². The summed E-state index contributed by atoms with van der Waals surface area (Å²) in [4.78, 5) is 18.7. The topological polar surface area (TPSA) is 78.1 Å². The third-order valence-electron chi connectivity index (χ3n) is 1.52. The second-order valence-corrected chi connectivity index (χ2v) is 2.46. The lowest BCUT2D eigenvalue weighted by atomic mass is 10.3. The van der Waals surface area contributed by atoms with Crippen LogP contribution in [-0.4, -0.2) is 23.0 Å². The fourth-order valence-electron chi connectivity index (χ4n) is 0.779. The molecule has 5 heteroatoms. The number of nitrogens with two attached hydrogens (primary N) is 1. The number of carbonyl (C=O) groups is 1. The zero-order chi connectivity index (χ0) is 9.68. The third kappa shape index (κ3) is 2.79. The Morgan fingerprint density at radius 1 is 1.54 bits per heavy atom. The Morgan fingerprint density at radius 3 is 2.62 bits per heavy atom. The Morgan fingerprint density at radius 2 is 2.15 bits per heavy atom. The van der Waals surface area contributed by atoms with Gasteiger partial charge in [0, 0.05) is 24.5 Å². The highest BCUT2D eigenvalue weighted by Gasteiger charge is 2.04. The Balaban J connectivity index is 2.64. The van der Waals surface area contributed by atoms with E-state index < -0.39 is 0 Å². The van der Waals surface area contributed by atoms with Crippen LogP contribution < -0.4 is 5.73 Å². The SMILES string of the molecule is COC(=O)Cc1ncc(CN)cn1. The summed E-state index contributed by atoms with van der Waals surface area (Å²) >= 11 is 0. The molecule has 1 aromatic heterocycles. The normalized spacial score (nSPS) is 9.69. The van der Waals surface area contributed by atoms with Crippen LogP contribution in [0.15, 0.2) is 12.4 Å². The zero-order valence-corrected chi connectivity index (χ0v) is 7.36. The predicted molar refractivity (Wildman–Crippen MR) is 45.6 cm³/mol. The van der Waals surface area contributed by atoms with E-state index in [9.17, 15) is 4.79 Å². The summed E-state index contributed by atoms with van der Waals surface area (Å²) in [5.74, 6) is 0.101. The fraction of sp³-hybridized carbons (Fsp3) is 0.375. The quantitative estimate of drug-likeness (QED) is 0.645. The van der Waals surface area contributed by atoms with Crippen molar-refractivity contribution in [3.05, 3.63) is 23.8 Å². The lowest BCUT2D eigenvalue weighted by Gasteiger charge is -1.99. The molecule has 0 unspecified atom stereocenters. The maximum Gasteiger partial charge on any atom is 0.313 e. The predicted octanol–water partition coefficient (Wildman–Crippen LogP) is -0.349. The van der Waals surface area contributed by atoms with Gasteiger partial charge in [0.1, 0.15) is 12.2 Å². The molecule has 5 nitrogen and oxygen atoms in total. The van der Waals surface area contributed by atoms with E-state index in [1.165, 1.54) is 7.11 Å². The van der Waals surface area contributed by atoms with E-state index >= 15 is 0 Å². The summed E-state index contributed by atoms with van der Waals surface area (Å²) in [6, 6.07) is 0. The van der Waals surface area contributed by atoms with E-state index in [4.69, 9.17) is 5.73 Å². The lowest BCUT2D eigenvalue weighted by molar-refractivity contribution is -0.139. The highest BCUT2D eigenvalue weighted by molar-refractivity contribution is 5.71. The minimum absolute atomic E-state index is 0.0986. The van der Waals surface area contributed by atoms with Crippen molar-refractivity contribution in [2.24, 2.45) is 5.73 Å². The number of methoxy groups -OCH3 is 1. The highest BCUT2D eigenvalue weighted by Crippen LogP contribution is 1.96. The molecule has 0 aliphatic heterocycles. The van der Waals surface area contributed by atoms with Crippen LogP contribution >= 0.6 is 0 Å². The Labute approximate surface area is 75.9 Å². The molecule has 0 saturated carbocycles. The van der Waals surface area contributed by atoms with Crippen LogP contribution in [0.1, 0.15) is 11.4 Å². The number of carbonyl (C=O) groups excluding carboxylic acids is 1. The molecule has 1 aromatic rings. The summed E-state index contributed by atoms with van der Waals surface area (Å²) < 4.78 is 4.47. The monoisotopic (exact) mass is 181 g/mol. The second kappa shape index (κ2) is 4.51. The fourth-order valence-corrected chi connectivity index (χ4v) is 0.779. The summed E-state index contributed by atoms with van der Waals surface area (Å²) in [6.45, 7) is 0.401. The van der Waals surface area contributed by atoms with Crippen LogP contribution in [0, 0.1) is 0 Å². The molecule has 13 heavy (non-hydrogen) atoms. The number of nitrogens with zero attached hydrogens (tertiary/aromatic N) is 2. The van der Waals surface area contributed by atoms with E-state index in [0.29, 0.717) is 12.4 Å². The molecule has 2 N–H and O–H groups in total. The van der Waals surface area contributed by atoms with E-state index in [0.717, 1.165) is 5.56 Å². The minimum Gasteiger partial charge on any atom is -0.469 e. The van der Waals surface area contributed by atoms with Crippen molar-refractivity contribution >= 4 is 5.97 Å². The molecule has 1 heterocycles. The van der Waals surface area contributed by atoms with Crippen molar-refractivity contribution < 1.29 is 9.53 Å². The molecule has 70 valence electrons. The van der Waals surface area contributed by atoms with Gasteiger partial charge in [-0.3, -0.25) is 4.79 Å². The van der Waals surface area contributed by atoms with E-state index in [-0.39, 0.29) is 12.4 Å². The molecule has 0 spiro atoms. The maximum atomic E-state index is 10.8. The highest BCUT2D eigenvalue weighted by atomic mass is 16.5. The van der Waals surface area contributed by atoms with Crippen LogP contribution in [0.5, 0.6) is 0 Å². The largest absolute Gasteiger partial charge is 0.469 e. The number of hydrogen-bond donors (Lipinski definition) is 1. The third-order valence-corrected chi connectivity index (χ3v) is 1.52. The molecule has 0 atom stereocenters. The van der Waals surface area contributed by atoms with Crippen molar-refractivity contribution in [2.75, 3.05) is 7.11 Å².